The van der Waals surface area contributed by atoms with Crippen LogP contribution in [-0.2, 0) is 24.4 Å². The highest BCUT2D eigenvalue weighted by molar-refractivity contribution is 5.91. The average Bonchev–Trinajstić information content (AvgIpc) is 3.45. The van der Waals surface area contributed by atoms with Gasteiger partial charge in [-0.3, -0.25) is 4.90 Å². The minimum atomic E-state index is -0.940. The van der Waals surface area contributed by atoms with Crippen molar-refractivity contribution in [3.8, 4) is 11.5 Å². The van der Waals surface area contributed by atoms with Gasteiger partial charge in [0.2, 0.25) is 0 Å². The van der Waals surface area contributed by atoms with Gasteiger partial charge in [-0.15, -0.1) is 0 Å². The van der Waals surface area contributed by atoms with Crippen molar-refractivity contribution in [3.05, 3.63) is 101 Å². The van der Waals surface area contributed by atoms with Crippen LogP contribution in [0.15, 0.2) is 67.2 Å². The topological polar surface area (TPSA) is 80.3 Å². The van der Waals surface area contributed by atoms with Crippen LogP contribution in [0, 0.1) is 6.92 Å². The summed E-state index contributed by atoms with van der Waals surface area (Å²) >= 11 is 0. The number of carboxylic acid groups (broad SMARTS) is 1. The van der Waals surface area contributed by atoms with E-state index in [9.17, 15) is 9.90 Å². The number of aryl methyl sites for hydroxylation is 1. The number of rotatable bonds is 10. The van der Waals surface area contributed by atoms with Crippen LogP contribution in [0.4, 0.5) is 0 Å². The van der Waals surface area contributed by atoms with Crippen molar-refractivity contribution >= 4 is 11.5 Å². The second-order valence-electron chi connectivity index (χ2n) is 10.2. The maximum absolute atomic E-state index is 11.2. The van der Waals surface area contributed by atoms with Crippen LogP contribution in [0.25, 0.3) is 5.57 Å². The van der Waals surface area contributed by atoms with Gasteiger partial charge in [0.1, 0.15) is 18.1 Å². The lowest BCUT2D eigenvalue weighted by Crippen LogP contribution is -2.37. The normalized spacial score (nSPS) is 14.6. The molecule has 1 saturated heterocycles. The summed E-state index contributed by atoms with van der Waals surface area (Å²) in [6, 6.07) is 19.6. The van der Waals surface area contributed by atoms with Gasteiger partial charge in [0, 0.05) is 43.9 Å². The minimum Gasteiger partial charge on any atom is -0.493 e. The molecule has 212 valence electrons. The van der Waals surface area contributed by atoms with Gasteiger partial charge in [-0.25, -0.2) is 4.79 Å². The lowest BCUT2D eigenvalue weighted by molar-refractivity contribution is 0.0358. The molecular weight excluding hydrogens is 504 g/mol. The Kier molecular flexibility index (Phi) is 10.7. The summed E-state index contributed by atoms with van der Waals surface area (Å²) in [5.74, 6) is 0.780. The molecule has 2 heterocycles. The molecule has 7 nitrogen and oxygen atoms in total. The number of allylic oxidation sites excluding steroid dienone is 1. The molecule has 5 rings (SSSR count). The van der Waals surface area contributed by atoms with Gasteiger partial charge in [0.05, 0.1) is 25.4 Å². The fraction of sp³-hybridized carbons (Fsp3) is 0.364. The number of benzene rings is 3. The highest BCUT2D eigenvalue weighted by atomic mass is 16.5. The number of ether oxygens (including phenoxy) is 3. The van der Waals surface area contributed by atoms with E-state index >= 15 is 0 Å². The number of nitrogens with one attached hydrogen (secondary N) is 1. The predicted molar refractivity (Wildman–Crippen MR) is 158 cm³/mol. The second-order valence-corrected chi connectivity index (χ2v) is 10.2. The Morgan fingerprint density at radius 1 is 1.00 bits per heavy atom. The van der Waals surface area contributed by atoms with Crippen molar-refractivity contribution in [2.45, 2.75) is 40.0 Å². The number of fused-ring (bicyclic) bond motifs is 1. The molecule has 1 fully saturated rings. The van der Waals surface area contributed by atoms with E-state index in [1.165, 1.54) is 11.1 Å². The second kappa shape index (κ2) is 14.7. The van der Waals surface area contributed by atoms with Gasteiger partial charge >= 0.3 is 5.97 Å². The van der Waals surface area contributed by atoms with Gasteiger partial charge in [0.25, 0.3) is 0 Å². The number of nitrogens with zero attached hydrogens (tertiary/aromatic N) is 1. The maximum Gasteiger partial charge on any atom is 0.335 e. The first-order valence-electron chi connectivity index (χ1n) is 13.9. The molecule has 0 saturated carbocycles. The summed E-state index contributed by atoms with van der Waals surface area (Å²) in [4.78, 5) is 13.7. The molecule has 0 unspecified atom stereocenters. The van der Waals surface area contributed by atoms with Crippen molar-refractivity contribution in [2.24, 2.45) is 0 Å². The number of hydrogen-bond acceptors (Lipinski definition) is 6. The molecule has 40 heavy (non-hydrogen) atoms. The number of carbonyl (C=O) groups is 1. The molecule has 3 aromatic carbocycles. The third-order valence-electron chi connectivity index (χ3n) is 7.08. The van der Waals surface area contributed by atoms with Crippen LogP contribution in [0.5, 0.6) is 11.5 Å². The number of carboxylic acids is 1. The lowest BCUT2D eigenvalue weighted by Gasteiger charge is -2.26. The van der Waals surface area contributed by atoms with E-state index in [0.29, 0.717) is 17.9 Å². The van der Waals surface area contributed by atoms with E-state index in [1.807, 2.05) is 37.3 Å². The highest BCUT2D eigenvalue weighted by Gasteiger charge is 2.16. The fourth-order valence-electron chi connectivity index (χ4n) is 4.83. The van der Waals surface area contributed by atoms with E-state index in [4.69, 9.17) is 14.2 Å². The summed E-state index contributed by atoms with van der Waals surface area (Å²) in [7, 11) is 0. The van der Waals surface area contributed by atoms with E-state index < -0.39 is 5.97 Å². The fourth-order valence-corrected chi connectivity index (χ4v) is 4.83. The Morgan fingerprint density at radius 3 is 2.50 bits per heavy atom. The van der Waals surface area contributed by atoms with E-state index in [1.54, 1.807) is 19.1 Å². The van der Waals surface area contributed by atoms with Crippen LogP contribution in [0.3, 0.4) is 0 Å². The maximum atomic E-state index is 11.2. The Labute approximate surface area is 237 Å². The SMILES string of the molecule is C=C(C)c1cc(C(=O)O)c(C)cc1OCc1ccccc1.c1cc2c(c(OCCCN3CCOCC3)c1)CNC2. The van der Waals surface area contributed by atoms with E-state index in [2.05, 4.69) is 35.0 Å². The molecule has 0 bridgehead atoms. The molecule has 0 amide bonds. The lowest BCUT2D eigenvalue weighted by atomic mass is 10.00. The first-order chi connectivity index (χ1) is 19.4. The van der Waals surface area contributed by atoms with Gasteiger partial charge < -0.3 is 24.6 Å². The van der Waals surface area contributed by atoms with Crippen LogP contribution >= 0.6 is 0 Å². The molecular formula is C33H40N2O5. The van der Waals surface area contributed by atoms with Crippen LogP contribution in [-0.4, -0.2) is 55.4 Å². The molecule has 0 radical (unpaired) electrons. The Hall–Kier alpha value is -3.65. The van der Waals surface area contributed by atoms with Crippen molar-refractivity contribution < 1.29 is 24.1 Å². The van der Waals surface area contributed by atoms with E-state index in [-0.39, 0.29) is 5.56 Å². The van der Waals surface area contributed by atoms with Crippen LogP contribution in [0.2, 0.25) is 0 Å². The first kappa shape index (κ1) is 29.3. The van der Waals surface area contributed by atoms with Gasteiger partial charge in [-0.1, -0.05) is 49.0 Å². The zero-order valence-corrected chi connectivity index (χ0v) is 23.6. The number of aromatic carboxylic acids is 1. The summed E-state index contributed by atoms with van der Waals surface area (Å²) in [6.45, 7) is 15.6. The molecule has 0 aromatic heterocycles. The molecule has 2 N–H and O–H groups in total. The van der Waals surface area contributed by atoms with Crippen molar-refractivity contribution in [3.63, 3.8) is 0 Å². The summed E-state index contributed by atoms with van der Waals surface area (Å²) in [6.07, 6.45) is 1.08. The first-order valence-corrected chi connectivity index (χ1v) is 13.9. The van der Waals surface area contributed by atoms with Crippen molar-refractivity contribution in [1.29, 1.82) is 0 Å². The summed E-state index contributed by atoms with van der Waals surface area (Å²) in [5.41, 5.74) is 6.25. The monoisotopic (exact) mass is 544 g/mol. The smallest absolute Gasteiger partial charge is 0.335 e. The summed E-state index contributed by atoms with van der Waals surface area (Å²) in [5, 5.41) is 12.6. The van der Waals surface area contributed by atoms with Crippen LogP contribution < -0.4 is 14.8 Å². The molecule has 0 atom stereocenters. The molecule has 2 aliphatic rings. The number of hydrogen-bond donors (Lipinski definition) is 2. The standard InChI is InChI=1S/C18H18O3.C15H22N2O2/c1-12(2)15-10-16(18(19)20)13(3)9-17(15)21-11-14-7-5-4-6-8-14;1-3-13-11-16-12-14(13)15(4-1)19-8-2-5-17-6-9-18-10-7-17/h4-10H,1,11H2,2-3H3,(H,19,20);1,3-4,16H,2,5-12H2. The van der Waals surface area contributed by atoms with Gasteiger partial charge in [-0.2, -0.15) is 0 Å². The molecule has 7 heteroatoms. The largest absolute Gasteiger partial charge is 0.493 e. The Morgan fingerprint density at radius 2 is 1.77 bits per heavy atom. The van der Waals surface area contributed by atoms with Crippen LogP contribution in [0.1, 0.15) is 51.5 Å². The Bertz CT molecular complexity index is 1290. The summed E-state index contributed by atoms with van der Waals surface area (Å²) < 4.78 is 17.1. The number of morpholine rings is 1. The molecule has 3 aromatic rings. The highest BCUT2D eigenvalue weighted by Crippen LogP contribution is 2.30. The molecule has 0 aliphatic carbocycles. The zero-order valence-electron chi connectivity index (χ0n) is 23.6. The predicted octanol–water partition coefficient (Wildman–Crippen LogP) is 5.70. The third kappa shape index (κ3) is 8.18. The molecule has 0 spiro atoms. The van der Waals surface area contributed by atoms with Gasteiger partial charge in [0.15, 0.2) is 0 Å². The average molecular weight is 545 g/mol. The van der Waals surface area contributed by atoms with Crippen molar-refractivity contribution in [2.75, 3.05) is 39.5 Å². The van der Waals surface area contributed by atoms with Crippen molar-refractivity contribution in [1.82, 2.24) is 10.2 Å². The minimum absolute atomic E-state index is 0.278. The quantitative estimate of drug-likeness (QED) is 0.317. The van der Waals surface area contributed by atoms with Gasteiger partial charge in [-0.05, 0) is 60.7 Å². The zero-order chi connectivity index (χ0) is 28.3. The molecule has 2 aliphatic heterocycles. The third-order valence-corrected chi connectivity index (χ3v) is 7.08. The van der Waals surface area contributed by atoms with E-state index in [0.717, 1.165) is 81.4 Å². The Balaban J connectivity index is 0.000000186.